The van der Waals surface area contributed by atoms with E-state index in [1.807, 2.05) is 0 Å². The van der Waals surface area contributed by atoms with Gasteiger partial charge < -0.3 is 28.8 Å². The second kappa shape index (κ2) is 8.37. The minimum absolute atomic E-state index is 0.186. The van der Waals surface area contributed by atoms with Gasteiger partial charge in [0.1, 0.15) is 24.4 Å². The number of esters is 1. The Kier molecular flexibility index (Phi) is 6.49. The van der Waals surface area contributed by atoms with Crippen molar-refractivity contribution >= 4 is 5.97 Å². The first-order valence-corrected chi connectivity index (χ1v) is 7.26. The second-order valence-corrected chi connectivity index (χ2v) is 5.16. The van der Waals surface area contributed by atoms with Gasteiger partial charge in [0.25, 0.3) is 0 Å². The Labute approximate surface area is 135 Å². The topological polar surface area (TPSA) is 83.5 Å². The van der Waals surface area contributed by atoms with Crippen LogP contribution in [0.3, 0.4) is 0 Å². The first-order valence-electron chi connectivity index (χ1n) is 7.26. The molecule has 0 amide bonds. The van der Waals surface area contributed by atoms with E-state index in [1.54, 1.807) is 30.3 Å². The predicted octanol–water partition coefficient (Wildman–Crippen LogP) is 0.606. The summed E-state index contributed by atoms with van der Waals surface area (Å²) in [6.07, 6.45) is -4.17. The summed E-state index contributed by atoms with van der Waals surface area (Å²) in [6.45, 7) is 0.186. The SMILES string of the molecule is COCC1O[C@@H](OC(=O)c2ccccc2)C(OC)C(O)[C@H]1OC. The zero-order valence-electron chi connectivity index (χ0n) is 13.4. The summed E-state index contributed by atoms with van der Waals surface area (Å²) in [5.41, 5.74) is 0.387. The molecular weight excluding hydrogens is 304 g/mol. The highest BCUT2D eigenvalue weighted by Crippen LogP contribution is 2.26. The molecule has 1 heterocycles. The van der Waals surface area contributed by atoms with Gasteiger partial charge in [-0.15, -0.1) is 0 Å². The molecule has 0 bridgehead atoms. The molecule has 0 radical (unpaired) electrons. The maximum atomic E-state index is 12.2. The second-order valence-electron chi connectivity index (χ2n) is 5.16. The van der Waals surface area contributed by atoms with Crippen molar-refractivity contribution in [3.05, 3.63) is 35.9 Å². The number of ether oxygens (including phenoxy) is 5. The molecule has 1 N–H and O–H groups in total. The van der Waals surface area contributed by atoms with Crippen molar-refractivity contribution in [1.29, 1.82) is 0 Å². The van der Waals surface area contributed by atoms with Crippen LogP contribution in [0.15, 0.2) is 30.3 Å². The molecule has 1 aromatic carbocycles. The molecular formula is C16H22O7. The van der Waals surface area contributed by atoms with E-state index in [-0.39, 0.29) is 6.61 Å². The number of methoxy groups -OCH3 is 3. The Bertz CT molecular complexity index is 490. The van der Waals surface area contributed by atoms with Crippen LogP contribution in [0.2, 0.25) is 0 Å². The number of hydrogen-bond acceptors (Lipinski definition) is 7. The predicted molar refractivity (Wildman–Crippen MR) is 80.0 cm³/mol. The van der Waals surface area contributed by atoms with Gasteiger partial charge in [0.15, 0.2) is 0 Å². The summed E-state index contributed by atoms with van der Waals surface area (Å²) < 4.78 is 26.7. The number of carbonyl (C=O) groups is 1. The minimum Gasteiger partial charge on any atom is -0.429 e. The van der Waals surface area contributed by atoms with Crippen molar-refractivity contribution in [2.24, 2.45) is 0 Å². The normalized spacial score (nSPS) is 30.9. The third-order valence-electron chi connectivity index (χ3n) is 3.72. The molecule has 0 aromatic heterocycles. The summed E-state index contributed by atoms with van der Waals surface area (Å²) in [5.74, 6) is -0.558. The van der Waals surface area contributed by atoms with Gasteiger partial charge in [-0.25, -0.2) is 4.79 Å². The van der Waals surface area contributed by atoms with Crippen molar-refractivity contribution in [1.82, 2.24) is 0 Å². The monoisotopic (exact) mass is 326 g/mol. The Hall–Kier alpha value is -1.51. The van der Waals surface area contributed by atoms with Crippen LogP contribution in [0.1, 0.15) is 10.4 Å². The van der Waals surface area contributed by atoms with E-state index >= 15 is 0 Å². The average Bonchev–Trinajstić information content (AvgIpc) is 2.56. The molecule has 1 fully saturated rings. The van der Waals surface area contributed by atoms with E-state index in [9.17, 15) is 9.90 Å². The molecule has 0 aliphatic carbocycles. The largest absolute Gasteiger partial charge is 0.429 e. The summed E-state index contributed by atoms with van der Waals surface area (Å²) in [4.78, 5) is 12.2. The molecule has 1 aliphatic heterocycles. The fraction of sp³-hybridized carbons (Fsp3) is 0.562. The molecule has 128 valence electrons. The van der Waals surface area contributed by atoms with Crippen LogP contribution in [0.25, 0.3) is 0 Å². The molecule has 0 saturated carbocycles. The first kappa shape index (κ1) is 17.8. The highest BCUT2D eigenvalue weighted by molar-refractivity contribution is 5.89. The van der Waals surface area contributed by atoms with Crippen molar-refractivity contribution in [3.8, 4) is 0 Å². The van der Waals surface area contributed by atoms with Crippen LogP contribution >= 0.6 is 0 Å². The number of rotatable bonds is 6. The molecule has 1 aliphatic rings. The molecule has 5 atom stereocenters. The van der Waals surface area contributed by atoms with E-state index in [2.05, 4.69) is 0 Å². The van der Waals surface area contributed by atoms with Crippen LogP contribution in [0, 0.1) is 0 Å². The van der Waals surface area contributed by atoms with Crippen LogP contribution in [0.5, 0.6) is 0 Å². The van der Waals surface area contributed by atoms with E-state index in [0.717, 1.165) is 0 Å². The van der Waals surface area contributed by atoms with Gasteiger partial charge in [-0.1, -0.05) is 18.2 Å². The van der Waals surface area contributed by atoms with Crippen molar-refractivity contribution in [3.63, 3.8) is 0 Å². The summed E-state index contributed by atoms with van der Waals surface area (Å²) >= 11 is 0. The molecule has 7 nitrogen and oxygen atoms in total. The third-order valence-corrected chi connectivity index (χ3v) is 3.72. The Morgan fingerprint density at radius 2 is 1.78 bits per heavy atom. The molecule has 23 heavy (non-hydrogen) atoms. The molecule has 2 rings (SSSR count). The summed E-state index contributed by atoms with van der Waals surface area (Å²) in [6, 6.07) is 8.53. The fourth-order valence-corrected chi connectivity index (χ4v) is 2.58. The number of benzene rings is 1. The maximum absolute atomic E-state index is 12.2. The van der Waals surface area contributed by atoms with Crippen LogP contribution < -0.4 is 0 Å². The lowest BCUT2D eigenvalue weighted by Crippen LogP contribution is -2.60. The van der Waals surface area contributed by atoms with E-state index < -0.39 is 36.7 Å². The number of aliphatic hydroxyl groups excluding tert-OH is 1. The minimum atomic E-state index is -1.06. The fourth-order valence-electron chi connectivity index (χ4n) is 2.58. The van der Waals surface area contributed by atoms with Gasteiger partial charge in [-0.2, -0.15) is 0 Å². The smallest absolute Gasteiger partial charge is 0.340 e. The molecule has 0 spiro atoms. The third kappa shape index (κ3) is 4.07. The zero-order valence-corrected chi connectivity index (χ0v) is 13.4. The highest BCUT2D eigenvalue weighted by Gasteiger charge is 2.47. The van der Waals surface area contributed by atoms with Crippen LogP contribution in [-0.4, -0.2) is 69.7 Å². The Morgan fingerprint density at radius 1 is 1.13 bits per heavy atom. The van der Waals surface area contributed by atoms with Crippen LogP contribution in [-0.2, 0) is 23.7 Å². The molecule has 3 unspecified atom stereocenters. The lowest BCUT2D eigenvalue weighted by molar-refractivity contribution is -0.295. The van der Waals surface area contributed by atoms with E-state index in [1.165, 1.54) is 21.3 Å². The van der Waals surface area contributed by atoms with Crippen molar-refractivity contribution < 1.29 is 33.6 Å². The first-order chi connectivity index (χ1) is 11.1. The Morgan fingerprint density at radius 3 is 2.35 bits per heavy atom. The standard InChI is InChI=1S/C16H22O7/c1-19-9-11-13(20-2)12(17)14(21-3)16(22-11)23-15(18)10-7-5-4-6-8-10/h4-8,11-14,16-17H,9H2,1-3H3/t11?,12?,13-,14?,16-/m0/s1. The van der Waals surface area contributed by atoms with Crippen LogP contribution in [0.4, 0.5) is 0 Å². The molecule has 7 heteroatoms. The molecule has 1 aromatic rings. The summed E-state index contributed by atoms with van der Waals surface area (Å²) in [5, 5.41) is 10.4. The number of hydrogen-bond donors (Lipinski definition) is 1. The summed E-state index contributed by atoms with van der Waals surface area (Å²) in [7, 11) is 4.38. The van der Waals surface area contributed by atoms with Gasteiger partial charge in [0, 0.05) is 21.3 Å². The van der Waals surface area contributed by atoms with Gasteiger partial charge in [-0.3, -0.25) is 0 Å². The Balaban J connectivity index is 2.13. The number of carbonyl (C=O) groups excluding carboxylic acids is 1. The van der Waals surface area contributed by atoms with Gasteiger partial charge in [-0.05, 0) is 12.1 Å². The number of aliphatic hydroxyl groups is 1. The van der Waals surface area contributed by atoms with Crippen molar-refractivity contribution in [2.75, 3.05) is 27.9 Å². The van der Waals surface area contributed by atoms with Gasteiger partial charge in [0.05, 0.1) is 12.2 Å². The maximum Gasteiger partial charge on any atom is 0.340 e. The lowest BCUT2D eigenvalue weighted by Gasteiger charge is -2.42. The quantitative estimate of drug-likeness (QED) is 0.767. The average molecular weight is 326 g/mol. The van der Waals surface area contributed by atoms with Crippen molar-refractivity contribution in [2.45, 2.75) is 30.7 Å². The van der Waals surface area contributed by atoms with E-state index in [0.29, 0.717) is 5.56 Å². The van der Waals surface area contributed by atoms with Gasteiger partial charge in [0.2, 0.25) is 6.29 Å². The van der Waals surface area contributed by atoms with E-state index in [4.69, 9.17) is 23.7 Å². The highest BCUT2D eigenvalue weighted by atomic mass is 16.7. The zero-order chi connectivity index (χ0) is 16.8. The van der Waals surface area contributed by atoms with Gasteiger partial charge >= 0.3 is 5.97 Å². The molecule has 1 saturated heterocycles. The lowest BCUT2D eigenvalue weighted by atomic mass is 9.99.